The third-order valence-corrected chi connectivity index (χ3v) is 14.4. The third-order valence-electron chi connectivity index (χ3n) is 13.4. The summed E-state index contributed by atoms with van der Waals surface area (Å²) in [4.78, 5) is 80.7. The number of hydrogen-bond acceptors (Lipinski definition) is 13. The summed E-state index contributed by atoms with van der Waals surface area (Å²) in [5, 5.41) is 24.5. The number of aliphatic hydroxyl groups excluding tert-OH is 1. The summed E-state index contributed by atoms with van der Waals surface area (Å²) in [6.45, 7) is 13.8. The fourth-order valence-corrected chi connectivity index (χ4v) is 10.6. The topological polar surface area (TPSA) is 214 Å². The minimum absolute atomic E-state index is 0.0342. The number of ether oxygens (including phenoxy) is 1. The first kappa shape index (κ1) is 48.6. The molecule has 0 aliphatic carbocycles. The summed E-state index contributed by atoms with van der Waals surface area (Å²) in [6.07, 6.45) is 0.249. The normalized spacial score (nSPS) is 19.5. The van der Waals surface area contributed by atoms with Crippen LogP contribution < -0.4 is 15.4 Å². The number of carbonyl (C=O) groups is 5. The Morgan fingerprint density at radius 1 is 0.859 bits per heavy atom. The molecule has 17 nitrogen and oxygen atoms in total. The van der Waals surface area contributed by atoms with E-state index in [1.54, 1.807) is 66.6 Å². The molecule has 2 saturated heterocycles. The van der Waals surface area contributed by atoms with Gasteiger partial charge in [0.05, 0.1) is 40.6 Å². The number of aromatic nitrogens is 3. The van der Waals surface area contributed by atoms with Crippen LogP contribution in [0.5, 0.6) is 5.75 Å². The monoisotopic (exact) mass is 980 g/mol. The van der Waals surface area contributed by atoms with E-state index in [0.717, 1.165) is 32.8 Å². The molecule has 3 aromatic heterocycles. The Morgan fingerprint density at radius 3 is 2.11 bits per heavy atom. The summed E-state index contributed by atoms with van der Waals surface area (Å²) in [7, 11) is 0. The third kappa shape index (κ3) is 10.3. The van der Waals surface area contributed by atoms with Gasteiger partial charge < -0.3 is 44.2 Å². The van der Waals surface area contributed by atoms with Crippen LogP contribution in [0.1, 0.15) is 83.7 Å². The van der Waals surface area contributed by atoms with Crippen LogP contribution in [-0.2, 0) is 38.8 Å². The van der Waals surface area contributed by atoms with Gasteiger partial charge in [0.1, 0.15) is 41.7 Å². The number of fused-ring (bicyclic) bond motifs is 1. The fraction of sp³-hybridized carbons (Fsp3) is 0.358. The Bertz CT molecular complexity index is 2950. The van der Waals surface area contributed by atoms with Crippen molar-refractivity contribution in [3.8, 4) is 27.5 Å². The van der Waals surface area contributed by atoms with E-state index in [9.17, 15) is 29.1 Å². The number of rotatable bonds is 16. The van der Waals surface area contributed by atoms with Gasteiger partial charge in [-0.2, -0.15) is 0 Å². The highest BCUT2D eigenvalue weighted by Gasteiger charge is 2.47. The lowest BCUT2D eigenvalue weighted by molar-refractivity contribution is -0.141. The van der Waals surface area contributed by atoms with E-state index in [0.29, 0.717) is 39.7 Å². The van der Waals surface area contributed by atoms with Crippen molar-refractivity contribution >= 4 is 40.9 Å². The molecule has 0 saturated carbocycles. The lowest BCUT2D eigenvalue weighted by Crippen LogP contribution is -2.54. The molecule has 2 fully saturated rings. The molecule has 6 aromatic rings. The van der Waals surface area contributed by atoms with Gasteiger partial charge in [0, 0.05) is 62.3 Å². The summed E-state index contributed by atoms with van der Waals surface area (Å²) in [5.74, 6) is -1.37. The molecule has 6 heterocycles. The number of hydrogen-bond donors (Lipinski definition) is 3. The zero-order chi connectivity index (χ0) is 50.1. The van der Waals surface area contributed by atoms with Gasteiger partial charge in [-0.3, -0.25) is 24.0 Å². The van der Waals surface area contributed by atoms with Gasteiger partial charge in [-0.1, -0.05) is 79.3 Å². The molecule has 18 heteroatoms. The second-order valence-electron chi connectivity index (χ2n) is 18.9. The number of amides is 5. The molecule has 368 valence electrons. The number of thiazole rings is 1. The first-order valence-electron chi connectivity index (χ1n) is 23.7. The number of likely N-dealkylation sites (tertiary alicyclic amines) is 2. The van der Waals surface area contributed by atoms with Crippen molar-refractivity contribution in [2.75, 3.05) is 13.1 Å². The van der Waals surface area contributed by atoms with E-state index in [1.165, 1.54) is 9.80 Å². The van der Waals surface area contributed by atoms with Gasteiger partial charge >= 0.3 is 0 Å². The van der Waals surface area contributed by atoms with Crippen molar-refractivity contribution in [2.24, 2.45) is 5.92 Å². The van der Waals surface area contributed by atoms with Crippen LogP contribution in [0.2, 0.25) is 0 Å². The van der Waals surface area contributed by atoms with Crippen molar-refractivity contribution in [1.29, 1.82) is 0 Å². The van der Waals surface area contributed by atoms with Crippen molar-refractivity contribution in [3.05, 3.63) is 142 Å². The fourth-order valence-electron chi connectivity index (χ4n) is 9.80. The molecule has 0 bridgehead atoms. The maximum Gasteiger partial charge on any atom is 0.255 e. The van der Waals surface area contributed by atoms with Gasteiger partial charge in [0.25, 0.3) is 5.91 Å². The highest BCUT2D eigenvalue weighted by Crippen LogP contribution is 2.36. The van der Waals surface area contributed by atoms with E-state index < -0.39 is 54.0 Å². The smallest absolute Gasteiger partial charge is 0.255 e. The van der Waals surface area contributed by atoms with E-state index in [1.807, 2.05) is 74.8 Å². The predicted octanol–water partition coefficient (Wildman–Crippen LogP) is 6.35. The van der Waals surface area contributed by atoms with Gasteiger partial charge in [0.2, 0.25) is 23.6 Å². The maximum atomic E-state index is 14.5. The molecular weight excluding hydrogens is 925 g/mol. The Hall–Kier alpha value is -7.44. The average Bonchev–Trinajstić information content (AvgIpc) is 4.23. The number of nitrogens with zero attached hydrogens (tertiary/aromatic N) is 6. The van der Waals surface area contributed by atoms with E-state index in [4.69, 9.17) is 13.8 Å². The van der Waals surface area contributed by atoms with Crippen molar-refractivity contribution in [2.45, 2.75) is 103 Å². The summed E-state index contributed by atoms with van der Waals surface area (Å²) in [6, 6.07) is 20.9. The minimum Gasteiger partial charge on any atom is -0.488 e. The van der Waals surface area contributed by atoms with Gasteiger partial charge in [-0.05, 0) is 72.7 Å². The quantitative estimate of drug-likeness (QED) is 0.0906. The lowest BCUT2D eigenvalue weighted by Gasteiger charge is -2.33. The Kier molecular flexibility index (Phi) is 14.0. The van der Waals surface area contributed by atoms with Crippen LogP contribution >= 0.6 is 11.3 Å². The molecule has 0 radical (unpaired) electrons. The standard InChI is InChI=1S/C53H56N8O9S/c1-29(2)46(45-19-31(5)58-70-45)52(66)60-27-40(22-43(60)50(64)55-24-34-9-13-36(14-10-34)48-32(6)56-28-71-48)68-39-15-16-41-37(20-39)25-61(51(41)65)47(30(3)4)53(67)59-26-38(62)21-42(59)49(63)54-23-33-7-11-35(12-8-33)44-17-18-57-69-44/h7-20,28-29,38,40,42-43,46-47,62H,3,21-27H2,1-2,4-6H3,(H,54,63)(H,55,64)/t38-,40-,42+,43+,46?,47+/m1/s1. The number of β-amino-alcohol motifs (C(OH)–C–C–N with tert-alkyl or cyclic N) is 1. The highest BCUT2D eigenvalue weighted by molar-refractivity contribution is 7.13. The minimum atomic E-state index is -1.13. The maximum absolute atomic E-state index is 14.5. The number of carbonyl (C=O) groups excluding carboxylic acids is 5. The zero-order valence-corrected chi connectivity index (χ0v) is 41.0. The molecule has 71 heavy (non-hydrogen) atoms. The van der Waals surface area contributed by atoms with Crippen LogP contribution in [0.15, 0.2) is 112 Å². The number of aliphatic hydroxyl groups is 1. The first-order valence-corrected chi connectivity index (χ1v) is 24.5. The molecule has 3 aliphatic rings. The molecule has 3 aliphatic heterocycles. The summed E-state index contributed by atoms with van der Waals surface area (Å²) < 4.78 is 17.4. The summed E-state index contributed by atoms with van der Waals surface area (Å²) in [5.41, 5.74) is 8.37. The second kappa shape index (κ2) is 20.5. The molecule has 3 N–H and O–H groups in total. The number of aryl methyl sites for hydroxylation is 2. The highest BCUT2D eigenvalue weighted by atomic mass is 32.1. The van der Waals surface area contributed by atoms with Crippen molar-refractivity contribution in [3.63, 3.8) is 0 Å². The lowest BCUT2D eigenvalue weighted by atomic mass is 9.91. The van der Waals surface area contributed by atoms with E-state index in [2.05, 4.69) is 32.5 Å². The van der Waals surface area contributed by atoms with Crippen LogP contribution in [0.4, 0.5) is 0 Å². The molecule has 0 spiro atoms. The first-order chi connectivity index (χ1) is 34.1. The van der Waals surface area contributed by atoms with Gasteiger partial charge in [-0.25, -0.2) is 4.98 Å². The molecule has 9 rings (SSSR count). The van der Waals surface area contributed by atoms with Crippen molar-refractivity contribution in [1.82, 2.24) is 40.6 Å². The average molecular weight is 981 g/mol. The van der Waals surface area contributed by atoms with Crippen LogP contribution in [0.25, 0.3) is 21.8 Å². The van der Waals surface area contributed by atoms with Gasteiger partial charge in [0.15, 0.2) is 5.76 Å². The molecule has 3 aromatic carbocycles. The van der Waals surface area contributed by atoms with Crippen molar-refractivity contribution < 1.29 is 42.9 Å². The van der Waals surface area contributed by atoms with Crippen LogP contribution in [0, 0.1) is 19.8 Å². The molecule has 5 amide bonds. The van der Waals surface area contributed by atoms with Gasteiger partial charge in [-0.15, -0.1) is 11.3 Å². The van der Waals surface area contributed by atoms with Crippen LogP contribution in [0.3, 0.4) is 0 Å². The largest absolute Gasteiger partial charge is 0.488 e. The second-order valence-corrected chi connectivity index (χ2v) is 19.8. The SMILES string of the molecule is C=C(C)[C@@H](C(=O)N1C[C@H](O)C[C@H]1C(=O)NCc1ccc(-c2ccno2)cc1)N1Cc2cc(O[C@@H]3C[C@@H](C(=O)NCc4ccc(-c5scnc5C)cc4)N(C(=O)C(c4cc(C)no4)C(C)C)C3)ccc2C1=O. The van der Waals surface area contributed by atoms with E-state index in [-0.39, 0.29) is 63.3 Å². The molecular formula is C53H56N8O9S. The summed E-state index contributed by atoms with van der Waals surface area (Å²) >= 11 is 1.57. The Morgan fingerprint density at radius 2 is 1.52 bits per heavy atom. The molecule has 6 atom stereocenters. The molecule has 1 unspecified atom stereocenters. The number of nitrogens with one attached hydrogen (secondary N) is 2. The van der Waals surface area contributed by atoms with E-state index >= 15 is 0 Å². The number of benzene rings is 3. The predicted molar refractivity (Wildman–Crippen MR) is 262 cm³/mol. The van der Waals surface area contributed by atoms with Crippen LogP contribution in [-0.4, -0.2) is 108 Å². The Balaban J connectivity index is 0.876. The Labute approximate surface area is 414 Å². The zero-order valence-electron chi connectivity index (χ0n) is 40.2.